The number of rotatable bonds is 7. The minimum Gasteiger partial charge on any atom is -0.390 e. The molecule has 190 valence electrons. The van der Waals surface area contributed by atoms with Crippen LogP contribution in [0, 0.1) is 11.3 Å². The van der Waals surface area contributed by atoms with Crippen molar-refractivity contribution in [3.8, 4) is 0 Å². The van der Waals surface area contributed by atoms with E-state index in [0.29, 0.717) is 21.7 Å². The average Bonchev–Trinajstić information content (AvgIpc) is 3.12. The molecule has 2 aromatic rings. The summed E-state index contributed by atoms with van der Waals surface area (Å²) >= 11 is 8.15. The number of halogens is 1. The van der Waals surface area contributed by atoms with E-state index in [4.69, 9.17) is 36.8 Å². The standard InChI is InChI=1S/C24H33ClN6O3S/c1-15-21(26)24(14-34-15)4-7-30(8-5-24)22-17(12-32)29-19(9-28-22)35-18-3-6-27-23(20(18)25)31-10-16(11-31)13-33-2/h3,6,9,15-16,21,32H,4-5,7-8,10-14,26H2,1-2H3/t15-,21+/m0/s1. The molecule has 0 radical (unpaired) electrons. The third-order valence-electron chi connectivity index (χ3n) is 7.56. The maximum atomic E-state index is 10.1. The predicted octanol–water partition coefficient (Wildman–Crippen LogP) is 2.58. The monoisotopic (exact) mass is 520 g/mol. The van der Waals surface area contributed by atoms with Gasteiger partial charge in [-0.1, -0.05) is 23.4 Å². The molecule has 3 aliphatic heterocycles. The highest BCUT2D eigenvalue weighted by Crippen LogP contribution is 2.43. The van der Waals surface area contributed by atoms with E-state index in [2.05, 4.69) is 21.7 Å². The van der Waals surface area contributed by atoms with Crippen molar-refractivity contribution in [1.29, 1.82) is 0 Å². The molecule has 0 aromatic carbocycles. The molecule has 1 spiro atoms. The number of nitrogens with two attached hydrogens (primary N) is 1. The summed E-state index contributed by atoms with van der Waals surface area (Å²) in [6, 6.07) is 1.94. The van der Waals surface area contributed by atoms with Gasteiger partial charge in [-0.3, -0.25) is 0 Å². The van der Waals surface area contributed by atoms with Crippen LogP contribution in [0.2, 0.25) is 5.02 Å². The van der Waals surface area contributed by atoms with Gasteiger partial charge in [0.2, 0.25) is 0 Å². The molecule has 3 saturated heterocycles. The summed E-state index contributed by atoms with van der Waals surface area (Å²) < 4.78 is 11.1. The fourth-order valence-corrected chi connectivity index (χ4v) is 6.51. The SMILES string of the molecule is COCC1CN(c2nccc(Sc3cnc(N4CCC5(CC4)CO[C@@H](C)[C@H]5N)c(CO)n3)c2Cl)C1. The zero-order valence-corrected chi connectivity index (χ0v) is 21.8. The molecule has 3 N–H and O–H groups in total. The highest BCUT2D eigenvalue weighted by atomic mass is 35.5. The van der Waals surface area contributed by atoms with Crippen molar-refractivity contribution >= 4 is 35.0 Å². The average molecular weight is 521 g/mol. The number of aliphatic hydroxyl groups is 1. The fourth-order valence-electron chi connectivity index (χ4n) is 5.37. The van der Waals surface area contributed by atoms with Crippen molar-refractivity contribution in [1.82, 2.24) is 15.0 Å². The van der Waals surface area contributed by atoms with Gasteiger partial charge in [0.1, 0.15) is 16.5 Å². The quantitative estimate of drug-likeness (QED) is 0.565. The molecule has 0 saturated carbocycles. The highest BCUT2D eigenvalue weighted by molar-refractivity contribution is 7.99. The summed E-state index contributed by atoms with van der Waals surface area (Å²) in [6.45, 7) is 6.73. The van der Waals surface area contributed by atoms with Gasteiger partial charge in [0, 0.05) is 61.8 Å². The molecule has 5 heterocycles. The number of anilines is 2. The molecule has 11 heteroatoms. The van der Waals surface area contributed by atoms with Crippen LogP contribution in [0.5, 0.6) is 0 Å². The van der Waals surface area contributed by atoms with Gasteiger partial charge in [-0.2, -0.15) is 0 Å². The van der Waals surface area contributed by atoms with Crippen molar-refractivity contribution in [3.05, 3.63) is 29.2 Å². The van der Waals surface area contributed by atoms with Crippen LogP contribution in [0.25, 0.3) is 0 Å². The summed E-state index contributed by atoms with van der Waals surface area (Å²) in [5, 5.41) is 11.4. The summed E-state index contributed by atoms with van der Waals surface area (Å²) in [5.74, 6) is 2.02. The molecule has 0 bridgehead atoms. The number of hydrogen-bond donors (Lipinski definition) is 2. The van der Waals surface area contributed by atoms with Gasteiger partial charge in [0.15, 0.2) is 5.82 Å². The number of hydrogen-bond acceptors (Lipinski definition) is 10. The smallest absolute Gasteiger partial charge is 0.152 e. The Labute approximate surface area is 215 Å². The molecule has 3 fully saturated rings. The molecule has 2 aromatic heterocycles. The van der Waals surface area contributed by atoms with Crippen molar-refractivity contribution in [2.24, 2.45) is 17.1 Å². The molecule has 2 atom stereocenters. The van der Waals surface area contributed by atoms with E-state index in [0.717, 1.165) is 68.8 Å². The van der Waals surface area contributed by atoms with Gasteiger partial charge in [-0.05, 0) is 25.8 Å². The Morgan fingerprint density at radius 2 is 2.03 bits per heavy atom. The van der Waals surface area contributed by atoms with Crippen molar-refractivity contribution in [2.75, 3.05) is 56.3 Å². The van der Waals surface area contributed by atoms with Crippen LogP contribution in [0.3, 0.4) is 0 Å². The lowest BCUT2D eigenvalue weighted by Crippen LogP contribution is -2.51. The first kappa shape index (κ1) is 25.0. The number of aromatic nitrogens is 3. The second kappa shape index (κ2) is 10.4. The molecule has 3 aliphatic rings. The van der Waals surface area contributed by atoms with Crippen LogP contribution in [0.4, 0.5) is 11.6 Å². The topological polar surface area (TPSA) is 110 Å². The van der Waals surface area contributed by atoms with E-state index in [-0.39, 0.29) is 24.2 Å². The molecular weight excluding hydrogens is 488 g/mol. The molecule has 9 nitrogen and oxygen atoms in total. The maximum absolute atomic E-state index is 10.1. The van der Waals surface area contributed by atoms with Crippen LogP contribution in [-0.2, 0) is 16.1 Å². The number of pyridine rings is 1. The van der Waals surface area contributed by atoms with Crippen LogP contribution in [0.15, 0.2) is 28.4 Å². The maximum Gasteiger partial charge on any atom is 0.152 e. The van der Waals surface area contributed by atoms with Gasteiger partial charge in [-0.15, -0.1) is 0 Å². The highest BCUT2D eigenvalue weighted by Gasteiger charge is 2.47. The van der Waals surface area contributed by atoms with Crippen LogP contribution < -0.4 is 15.5 Å². The lowest BCUT2D eigenvalue weighted by molar-refractivity contribution is 0.0973. The van der Waals surface area contributed by atoms with Gasteiger partial charge >= 0.3 is 0 Å². The van der Waals surface area contributed by atoms with Gasteiger partial charge in [-0.25, -0.2) is 15.0 Å². The number of ether oxygens (including phenoxy) is 2. The first-order valence-electron chi connectivity index (χ1n) is 12.1. The predicted molar refractivity (Wildman–Crippen MR) is 136 cm³/mol. The van der Waals surface area contributed by atoms with Crippen molar-refractivity contribution in [2.45, 2.75) is 48.4 Å². The molecular formula is C24H33ClN6O3S. The van der Waals surface area contributed by atoms with Gasteiger partial charge in [0.05, 0.1) is 37.1 Å². The minimum atomic E-state index is -0.179. The molecule has 5 rings (SSSR count). The Kier molecular flexibility index (Phi) is 7.39. The molecule has 0 aliphatic carbocycles. The van der Waals surface area contributed by atoms with Crippen molar-refractivity contribution < 1.29 is 14.6 Å². The Morgan fingerprint density at radius 1 is 1.26 bits per heavy atom. The molecule has 0 amide bonds. The zero-order valence-electron chi connectivity index (χ0n) is 20.2. The second-order valence-corrected chi connectivity index (χ2v) is 11.2. The lowest BCUT2D eigenvalue weighted by atomic mass is 9.73. The Morgan fingerprint density at radius 3 is 2.69 bits per heavy atom. The first-order valence-corrected chi connectivity index (χ1v) is 13.3. The first-order chi connectivity index (χ1) is 16.9. The summed E-state index contributed by atoms with van der Waals surface area (Å²) in [6.07, 6.45) is 5.50. The Bertz CT molecular complexity index is 1050. The number of nitrogens with zero attached hydrogens (tertiary/aromatic N) is 5. The largest absolute Gasteiger partial charge is 0.390 e. The van der Waals surface area contributed by atoms with E-state index >= 15 is 0 Å². The number of methoxy groups -OCH3 is 1. The Balaban J connectivity index is 1.27. The van der Waals surface area contributed by atoms with E-state index in [1.807, 2.05) is 6.07 Å². The summed E-state index contributed by atoms with van der Waals surface area (Å²) in [7, 11) is 1.72. The number of piperidine rings is 1. The van der Waals surface area contributed by atoms with Gasteiger partial charge in [0.25, 0.3) is 0 Å². The van der Waals surface area contributed by atoms with E-state index < -0.39 is 0 Å². The zero-order chi connectivity index (χ0) is 24.6. The second-order valence-electron chi connectivity index (χ2n) is 9.80. The van der Waals surface area contributed by atoms with E-state index in [9.17, 15) is 5.11 Å². The van der Waals surface area contributed by atoms with Crippen LogP contribution >= 0.6 is 23.4 Å². The van der Waals surface area contributed by atoms with E-state index in [1.54, 1.807) is 19.5 Å². The summed E-state index contributed by atoms with van der Waals surface area (Å²) in [4.78, 5) is 19.1. The van der Waals surface area contributed by atoms with E-state index in [1.165, 1.54) is 11.8 Å². The fraction of sp³-hybridized carbons (Fsp3) is 0.625. The number of aliphatic hydroxyl groups excluding tert-OH is 1. The van der Waals surface area contributed by atoms with Crippen molar-refractivity contribution in [3.63, 3.8) is 0 Å². The third kappa shape index (κ3) is 4.84. The Hall–Kier alpha value is -1.69. The normalized spacial score (nSPS) is 24.3. The summed E-state index contributed by atoms with van der Waals surface area (Å²) in [5.41, 5.74) is 7.06. The third-order valence-corrected chi connectivity index (χ3v) is 9.02. The van der Waals surface area contributed by atoms with Gasteiger partial charge < -0.3 is 30.1 Å². The molecule has 35 heavy (non-hydrogen) atoms. The lowest BCUT2D eigenvalue weighted by Gasteiger charge is -2.41. The van der Waals surface area contributed by atoms with Crippen LogP contribution in [-0.4, -0.2) is 78.7 Å². The molecule has 0 unspecified atom stereocenters. The minimum absolute atomic E-state index is 0.0361. The van der Waals surface area contributed by atoms with Crippen LogP contribution in [0.1, 0.15) is 25.5 Å².